The number of carbonyl (C=O) groups excluding carboxylic acids is 1. The molecule has 1 fully saturated rings. The zero-order valence-corrected chi connectivity index (χ0v) is 10.1. The molecule has 15 heavy (non-hydrogen) atoms. The molecule has 1 atom stereocenters. The minimum atomic E-state index is -0.919. The van der Waals surface area contributed by atoms with Crippen LogP contribution < -0.4 is 0 Å². The summed E-state index contributed by atoms with van der Waals surface area (Å²) in [5.74, 6) is -0.518. The molecule has 0 unspecified atom stereocenters. The van der Waals surface area contributed by atoms with Crippen LogP contribution in [0.2, 0.25) is 0 Å². The Balaban J connectivity index is 2.69. The summed E-state index contributed by atoms with van der Waals surface area (Å²) in [5.41, 5.74) is 0. The van der Waals surface area contributed by atoms with E-state index in [9.17, 15) is 9.59 Å². The topological polar surface area (TPSA) is 57.6 Å². The first kappa shape index (κ1) is 12.7. The Morgan fingerprint density at radius 1 is 1.40 bits per heavy atom. The number of hydrogen-bond donors (Lipinski definition) is 3. The normalized spacial score (nSPS) is 21.0. The highest BCUT2D eigenvalue weighted by Crippen LogP contribution is 2.20. The van der Waals surface area contributed by atoms with E-state index in [4.69, 9.17) is 5.11 Å². The van der Waals surface area contributed by atoms with Crippen LogP contribution in [0.15, 0.2) is 0 Å². The lowest BCUT2D eigenvalue weighted by atomic mass is 10.1. The summed E-state index contributed by atoms with van der Waals surface area (Å²) in [4.78, 5) is 24.2. The largest absolute Gasteiger partial charge is 0.480 e. The zero-order valence-electron chi connectivity index (χ0n) is 8.30. The van der Waals surface area contributed by atoms with Crippen molar-refractivity contribution in [1.29, 1.82) is 0 Å². The number of aliphatic carboxylic acids is 1. The Hall–Kier alpha value is -0.360. The summed E-state index contributed by atoms with van der Waals surface area (Å²) in [6.45, 7) is 0.536. The van der Waals surface area contributed by atoms with Crippen molar-refractivity contribution in [2.45, 2.75) is 18.9 Å². The predicted octanol–water partition coefficient (Wildman–Crippen LogP) is 0.538. The first-order valence-corrected chi connectivity index (χ1v) is 6.13. The van der Waals surface area contributed by atoms with Crippen LogP contribution in [-0.4, -0.2) is 46.0 Å². The summed E-state index contributed by atoms with van der Waals surface area (Å²) >= 11 is 8.13. The Kier molecular flexibility index (Phi) is 4.79. The molecule has 1 amide bonds. The molecule has 1 rings (SSSR count). The zero-order chi connectivity index (χ0) is 11.4. The number of carbonyl (C=O) groups is 2. The van der Waals surface area contributed by atoms with Crippen molar-refractivity contribution >= 4 is 37.1 Å². The van der Waals surface area contributed by atoms with E-state index in [0.29, 0.717) is 24.5 Å². The number of thiol groups is 2. The maximum atomic E-state index is 11.9. The van der Waals surface area contributed by atoms with E-state index < -0.39 is 12.0 Å². The van der Waals surface area contributed by atoms with Gasteiger partial charge in [-0.25, -0.2) is 4.79 Å². The number of rotatable bonds is 4. The molecular formula is C9H15NO3S2. The van der Waals surface area contributed by atoms with Crippen molar-refractivity contribution in [2.24, 2.45) is 5.92 Å². The van der Waals surface area contributed by atoms with Crippen LogP contribution in [0.25, 0.3) is 0 Å². The fourth-order valence-electron chi connectivity index (χ4n) is 1.74. The smallest absolute Gasteiger partial charge is 0.326 e. The van der Waals surface area contributed by atoms with Crippen LogP contribution in [0.3, 0.4) is 0 Å². The van der Waals surface area contributed by atoms with Crippen molar-refractivity contribution in [3.05, 3.63) is 0 Å². The third-order valence-corrected chi connectivity index (χ3v) is 3.49. The van der Waals surface area contributed by atoms with Gasteiger partial charge in [0.1, 0.15) is 6.04 Å². The molecule has 86 valence electrons. The molecule has 1 saturated heterocycles. The molecule has 0 aromatic carbocycles. The number of likely N-dealkylation sites (tertiary alicyclic amines) is 1. The minimum Gasteiger partial charge on any atom is -0.480 e. The molecule has 0 aromatic heterocycles. The van der Waals surface area contributed by atoms with Crippen LogP contribution in [0, 0.1) is 5.92 Å². The average Bonchev–Trinajstić information content (AvgIpc) is 2.67. The van der Waals surface area contributed by atoms with Crippen LogP contribution in [-0.2, 0) is 9.59 Å². The van der Waals surface area contributed by atoms with Gasteiger partial charge in [0.2, 0.25) is 5.91 Å². The SMILES string of the molecule is O=C(O)[C@@H]1CCCN1C(=O)C(CS)CS. The number of carboxylic acid groups (broad SMARTS) is 1. The van der Waals surface area contributed by atoms with E-state index in [1.807, 2.05) is 0 Å². The highest BCUT2D eigenvalue weighted by atomic mass is 32.1. The van der Waals surface area contributed by atoms with Crippen molar-refractivity contribution in [3.63, 3.8) is 0 Å². The van der Waals surface area contributed by atoms with E-state index in [1.54, 1.807) is 0 Å². The van der Waals surface area contributed by atoms with Crippen molar-refractivity contribution in [1.82, 2.24) is 4.90 Å². The second-order valence-corrected chi connectivity index (χ2v) is 4.32. The van der Waals surface area contributed by atoms with E-state index in [2.05, 4.69) is 25.3 Å². The molecule has 0 bridgehead atoms. The highest BCUT2D eigenvalue weighted by Gasteiger charge is 2.36. The molecule has 1 aliphatic rings. The van der Waals surface area contributed by atoms with E-state index in [1.165, 1.54) is 4.90 Å². The van der Waals surface area contributed by atoms with Gasteiger partial charge in [-0.05, 0) is 12.8 Å². The van der Waals surface area contributed by atoms with Gasteiger partial charge in [-0.3, -0.25) is 4.79 Å². The molecular weight excluding hydrogens is 234 g/mol. The second kappa shape index (κ2) is 5.65. The maximum Gasteiger partial charge on any atom is 0.326 e. The fourth-order valence-corrected chi connectivity index (χ4v) is 2.51. The molecule has 0 aromatic rings. The first-order chi connectivity index (χ1) is 7.11. The molecule has 0 saturated carbocycles. The van der Waals surface area contributed by atoms with Gasteiger partial charge in [0.25, 0.3) is 0 Å². The summed E-state index contributed by atoms with van der Waals surface area (Å²) in [6.07, 6.45) is 1.31. The van der Waals surface area contributed by atoms with E-state index in [0.717, 1.165) is 6.42 Å². The van der Waals surface area contributed by atoms with Gasteiger partial charge >= 0.3 is 5.97 Å². The minimum absolute atomic E-state index is 0.134. The molecule has 6 heteroatoms. The Morgan fingerprint density at radius 3 is 2.47 bits per heavy atom. The van der Waals surface area contributed by atoms with E-state index in [-0.39, 0.29) is 11.8 Å². The molecule has 4 nitrogen and oxygen atoms in total. The monoisotopic (exact) mass is 249 g/mol. The van der Waals surface area contributed by atoms with E-state index >= 15 is 0 Å². The lowest BCUT2D eigenvalue weighted by molar-refractivity contribution is -0.149. The van der Waals surface area contributed by atoms with Gasteiger partial charge in [-0.15, -0.1) is 0 Å². The highest BCUT2D eigenvalue weighted by molar-refractivity contribution is 7.81. The molecule has 0 spiro atoms. The summed E-state index contributed by atoms with van der Waals surface area (Å²) in [5, 5.41) is 8.93. The number of hydrogen-bond acceptors (Lipinski definition) is 4. The van der Waals surface area contributed by atoms with Crippen molar-refractivity contribution in [2.75, 3.05) is 18.1 Å². The molecule has 1 heterocycles. The number of nitrogens with zero attached hydrogens (tertiary/aromatic N) is 1. The second-order valence-electron chi connectivity index (χ2n) is 3.59. The summed E-state index contributed by atoms with van der Waals surface area (Å²) in [6, 6.07) is -0.653. The molecule has 1 aliphatic heterocycles. The van der Waals surface area contributed by atoms with Crippen LogP contribution in [0.5, 0.6) is 0 Å². The van der Waals surface area contributed by atoms with Gasteiger partial charge in [-0.1, -0.05) is 0 Å². The van der Waals surface area contributed by atoms with Gasteiger partial charge in [0.05, 0.1) is 5.92 Å². The standard InChI is InChI=1S/C9H15NO3S2/c11-8(6(4-14)5-15)10-3-1-2-7(10)9(12)13/h6-7,14-15H,1-5H2,(H,12,13)/t7-/m0/s1. The Morgan fingerprint density at radius 2 is 2.00 bits per heavy atom. The lowest BCUT2D eigenvalue weighted by Gasteiger charge is -2.25. The number of amides is 1. The predicted molar refractivity (Wildman–Crippen MR) is 63.6 cm³/mol. The number of carboxylic acids is 1. The van der Waals surface area contributed by atoms with Crippen LogP contribution in [0.1, 0.15) is 12.8 Å². The quantitative estimate of drug-likeness (QED) is 0.637. The van der Waals surface area contributed by atoms with Crippen LogP contribution in [0.4, 0.5) is 0 Å². The van der Waals surface area contributed by atoms with Gasteiger partial charge < -0.3 is 10.0 Å². The molecule has 1 N–H and O–H groups in total. The van der Waals surface area contributed by atoms with Crippen LogP contribution >= 0.6 is 25.3 Å². The molecule has 0 aliphatic carbocycles. The van der Waals surface area contributed by atoms with Gasteiger partial charge in [0, 0.05) is 18.1 Å². The molecule has 0 radical (unpaired) electrons. The van der Waals surface area contributed by atoms with Crippen molar-refractivity contribution < 1.29 is 14.7 Å². The Labute approximate surface area is 99.8 Å². The van der Waals surface area contributed by atoms with Crippen molar-refractivity contribution in [3.8, 4) is 0 Å². The third-order valence-electron chi connectivity index (χ3n) is 2.61. The summed E-state index contributed by atoms with van der Waals surface area (Å²) in [7, 11) is 0. The first-order valence-electron chi connectivity index (χ1n) is 4.86. The fraction of sp³-hybridized carbons (Fsp3) is 0.778. The average molecular weight is 249 g/mol. The Bertz CT molecular complexity index is 256. The van der Waals surface area contributed by atoms with Gasteiger partial charge in [0.15, 0.2) is 0 Å². The third kappa shape index (κ3) is 2.81. The maximum absolute atomic E-state index is 11.9. The summed E-state index contributed by atoms with van der Waals surface area (Å²) < 4.78 is 0. The lowest BCUT2D eigenvalue weighted by Crippen LogP contribution is -2.44. The van der Waals surface area contributed by atoms with Gasteiger partial charge in [-0.2, -0.15) is 25.3 Å².